The molecule has 0 fully saturated rings. The van der Waals surface area contributed by atoms with Crippen LogP contribution in [0.15, 0.2) is 71.4 Å². The Morgan fingerprint density at radius 1 is 1.16 bits per heavy atom. The second kappa shape index (κ2) is 9.79. The number of rotatable bonds is 8. The number of nitrogens with two attached hydrogens (primary N) is 1. The molecule has 10 heteroatoms. The summed E-state index contributed by atoms with van der Waals surface area (Å²) in [6.07, 6.45) is 0. The fourth-order valence-corrected chi connectivity index (χ4v) is 5.53. The van der Waals surface area contributed by atoms with Crippen molar-refractivity contribution < 1.29 is 23.3 Å². The van der Waals surface area contributed by atoms with Crippen molar-refractivity contribution in [2.75, 3.05) is 13.2 Å². The van der Waals surface area contributed by atoms with Gasteiger partial charge in [-0.25, -0.2) is 0 Å². The fraction of sp³-hybridized carbons (Fsp3) is 0.227. The molecule has 166 valence electrons. The van der Waals surface area contributed by atoms with E-state index in [4.69, 9.17) is 19.5 Å². The minimum atomic E-state index is -4.01. The Morgan fingerprint density at radius 3 is 2.38 bits per heavy atom. The van der Waals surface area contributed by atoms with Gasteiger partial charge in [0.1, 0.15) is 17.4 Å². The maximum atomic E-state index is 14.0. The van der Waals surface area contributed by atoms with Crippen LogP contribution in [0.1, 0.15) is 30.9 Å². The van der Waals surface area contributed by atoms with Gasteiger partial charge in [-0.2, -0.15) is 5.26 Å². The van der Waals surface area contributed by atoms with Crippen molar-refractivity contribution in [2.24, 2.45) is 5.73 Å². The number of hydrogen-bond acceptors (Lipinski definition) is 8. The molecule has 2 aromatic rings. The third-order valence-electron chi connectivity index (χ3n) is 4.74. The first-order valence-corrected chi connectivity index (χ1v) is 11.4. The maximum absolute atomic E-state index is 14.0. The SMILES string of the molecule is CCOP(=O)(OCC)C1=C(c2ccccc2)OC(N)=C(C#N)[C@H]1c1cccc([N+](=O)[O-])c1. The molecule has 0 spiro atoms. The largest absolute Gasteiger partial charge is 0.439 e. The lowest BCUT2D eigenvalue weighted by molar-refractivity contribution is -0.384. The predicted octanol–water partition coefficient (Wildman–Crippen LogP) is 5.04. The predicted molar refractivity (Wildman–Crippen MR) is 118 cm³/mol. The molecule has 32 heavy (non-hydrogen) atoms. The summed E-state index contributed by atoms with van der Waals surface area (Å²) in [6, 6.07) is 16.5. The van der Waals surface area contributed by atoms with Gasteiger partial charge in [-0.15, -0.1) is 0 Å². The summed E-state index contributed by atoms with van der Waals surface area (Å²) < 4.78 is 31.1. The molecule has 0 aliphatic carbocycles. The highest BCUT2D eigenvalue weighted by atomic mass is 31.2. The molecular weight excluding hydrogens is 433 g/mol. The van der Waals surface area contributed by atoms with E-state index in [9.17, 15) is 19.9 Å². The summed E-state index contributed by atoms with van der Waals surface area (Å²) in [5, 5.41) is 21.3. The molecule has 9 nitrogen and oxygen atoms in total. The summed E-state index contributed by atoms with van der Waals surface area (Å²) in [5.41, 5.74) is 6.74. The van der Waals surface area contributed by atoms with E-state index in [0.717, 1.165) is 0 Å². The maximum Gasteiger partial charge on any atom is 0.362 e. The van der Waals surface area contributed by atoms with Crippen LogP contribution in [-0.2, 0) is 18.3 Å². The highest BCUT2D eigenvalue weighted by Crippen LogP contribution is 2.65. The van der Waals surface area contributed by atoms with Crippen LogP contribution in [0.5, 0.6) is 0 Å². The van der Waals surface area contributed by atoms with Gasteiger partial charge >= 0.3 is 7.60 Å². The minimum Gasteiger partial charge on any atom is -0.439 e. The van der Waals surface area contributed by atoms with Gasteiger partial charge in [0.15, 0.2) is 0 Å². The highest BCUT2D eigenvalue weighted by molar-refractivity contribution is 7.58. The zero-order valence-corrected chi connectivity index (χ0v) is 18.5. The molecule has 1 atom stereocenters. The average molecular weight is 455 g/mol. The Morgan fingerprint density at radius 2 is 1.81 bits per heavy atom. The number of nitriles is 1. The van der Waals surface area contributed by atoms with Crippen molar-refractivity contribution in [3.63, 3.8) is 0 Å². The Balaban J connectivity index is 2.39. The van der Waals surface area contributed by atoms with Crippen LogP contribution in [0.4, 0.5) is 5.69 Å². The third kappa shape index (κ3) is 4.43. The van der Waals surface area contributed by atoms with Crippen molar-refractivity contribution in [2.45, 2.75) is 19.8 Å². The molecule has 2 aromatic carbocycles. The number of nitro benzene ring substituents is 1. The molecule has 0 radical (unpaired) electrons. The Kier molecular flexibility index (Phi) is 7.11. The lowest BCUT2D eigenvalue weighted by Gasteiger charge is -2.32. The minimum absolute atomic E-state index is 0.0418. The first-order valence-electron chi connectivity index (χ1n) is 9.87. The summed E-state index contributed by atoms with van der Waals surface area (Å²) in [6.45, 7) is 3.45. The highest BCUT2D eigenvalue weighted by Gasteiger charge is 2.45. The van der Waals surface area contributed by atoms with Crippen molar-refractivity contribution >= 4 is 19.0 Å². The smallest absolute Gasteiger partial charge is 0.362 e. The molecule has 0 aromatic heterocycles. The fourth-order valence-electron chi connectivity index (χ4n) is 3.48. The number of nitro groups is 1. The zero-order chi connectivity index (χ0) is 23.3. The molecule has 2 N–H and O–H groups in total. The van der Waals surface area contributed by atoms with E-state index in [-0.39, 0.29) is 41.4 Å². The van der Waals surface area contributed by atoms with Gasteiger partial charge in [0.25, 0.3) is 5.69 Å². The van der Waals surface area contributed by atoms with Crippen molar-refractivity contribution in [3.8, 4) is 6.07 Å². The average Bonchev–Trinajstić information content (AvgIpc) is 2.79. The van der Waals surface area contributed by atoms with E-state index in [2.05, 4.69) is 0 Å². The quantitative estimate of drug-likeness (QED) is 0.332. The number of ether oxygens (including phenoxy) is 1. The Hall–Kier alpha value is -3.44. The number of hydrogen-bond donors (Lipinski definition) is 1. The van der Waals surface area contributed by atoms with Gasteiger partial charge in [-0.1, -0.05) is 42.5 Å². The molecule has 1 heterocycles. The van der Waals surface area contributed by atoms with E-state index < -0.39 is 18.4 Å². The van der Waals surface area contributed by atoms with Crippen LogP contribution in [0.25, 0.3) is 5.76 Å². The summed E-state index contributed by atoms with van der Waals surface area (Å²) in [7, 11) is -4.01. The van der Waals surface area contributed by atoms with Crippen LogP contribution < -0.4 is 5.73 Å². The molecule has 1 aliphatic heterocycles. The lowest BCUT2D eigenvalue weighted by Crippen LogP contribution is -2.22. The number of non-ortho nitro benzene ring substituents is 1. The van der Waals surface area contributed by atoms with E-state index in [1.807, 2.05) is 6.07 Å². The van der Waals surface area contributed by atoms with Crippen LogP contribution in [0.2, 0.25) is 0 Å². The monoisotopic (exact) mass is 455 g/mol. The van der Waals surface area contributed by atoms with E-state index in [0.29, 0.717) is 11.1 Å². The molecule has 0 amide bonds. The molecule has 0 unspecified atom stereocenters. The molecule has 0 bridgehead atoms. The topological polar surface area (TPSA) is 138 Å². The van der Waals surface area contributed by atoms with Gasteiger partial charge < -0.3 is 19.5 Å². The van der Waals surface area contributed by atoms with Crippen LogP contribution >= 0.6 is 7.60 Å². The number of allylic oxidation sites excluding steroid dienone is 2. The van der Waals surface area contributed by atoms with Crippen LogP contribution in [-0.4, -0.2) is 18.1 Å². The molecule has 0 saturated carbocycles. The van der Waals surface area contributed by atoms with Crippen molar-refractivity contribution in [1.29, 1.82) is 5.26 Å². The van der Waals surface area contributed by atoms with Crippen molar-refractivity contribution in [3.05, 3.63) is 92.6 Å². The first kappa shape index (κ1) is 23.2. The molecule has 3 rings (SSSR count). The zero-order valence-electron chi connectivity index (χ0n) is 17.6. The van der Waals surface area contributed by atoms with Gasteiger partial charge in [-0.05, 0) is 19.4 Å². The van der Waals surface area contributed by atoms with E-state index in [1.54, 1.807) is 50.2 Å². The lowest BCUT2D eigenvalue weighted by atomic mass is 9.88. The Bertz CT molecular complexity index is 1160. The van der Waals surface area contributed by atoms with Gasteiger partial charge in [0.2, 0.25) is 5.88 Å². The molecule has 1 aliphatic rings. The molecule has 0 saturated heterocycles. The number of nitrogens with zero attached hydrogens (tertiary/aromatic N) is 2. The second-order valence-corrected chi connectivity index (χ2v) is 8.68. The van der Waals surface area contributed by atoms with Crippen LogP contribution in [0, 0.1) is 21.4 Å². The summed E-state index contributed by atoms with van der Waals surface area (Å²) in [4.78, 5) is 10.8. The van der Waals surface area contributed by atoms with Gasteiger partial charge in [0.05, 0.1) is 29.4 Å². The normalized spacial score (nSPS) is 16.5. The summed E-state index contributed by atoms with van der Waals surface area (Å²) in [5.74, 6) is -1.09. The first-order chi connectivity index (χ1) is 15.4. The number of benzene rings is 2. The van der Waals surface area contributed by atoms with E-state index >= 15 is 0 Å². The Labute approximate surface area is 185 Å². The summed E-state index contributed by atoms with van der Waals surface area (Å²) >= 11 is 0. The van der Waals surface area contributed by atoms with Crippen LogP contribution in [0.3, 0.4) is 0 Å². The molecular formula is C22H22N3O6P. The van der Waals surface area contributed by atoms with Gasteiger partial charge in [0, 0.05) is 17.7 Å². The van der Waals surface area contributed by atoms with Crippen molar-refractivity contribution in [1.82, 2.24) is 0 Å². The van der Waals surface area contributed by atoms with E-state index in [1.165, 1.54) is 18.2 Å². The second-order valence-electron chi connectivity index (χ2n) is 6.69. The third-order valence-corrected chi connectivity index (χ3v) is 6.98. The van der Waals surface area contributed by atoms with Gasteiger partial charge in [-0.3, -0.25) is 14.7 Å². The standard InChI is InChI=1S/C22H22N3O6P/c1-3-29-32(28,30-4-2)21-19(16-11-8-12-17(13-16)25(26)27)18(14-23)22(24)31-20(21)15-9-6-5-7-10-15/h5-13,19H,3-4,24H2,1-2H3/t19-/m1/s1.